The zero-order valence-electron chi connectivity index (χ0n) is 15.4. The van der Waals surface area contributed by atoms with Crippen molar-refractivity contribution < 1.29 is 13.9 Å². The fraction of sp³-hybridized carbons (Fsp3) is 0.0952. The fourth-order valence-corrected chi connectivity index (χ4v) is 3.53. The Kier molecular flexibility index (Phi) is 5.09. The van der Waals surface area contributed by atoms with Gasteiger partial charge in [0.25, 0.3) is 5.91 Å². The molecule has 0 spiro atoms. The third kappa shape index (κ3) is 4.33. The van der Waals surface area contributed by atoms with Gasteiger partial charge in [0.2, 0.25) is 6.36 Å². The number of anilines is 2. The van der Waals surface area contributed by atoms with E-state index in [-0.39, 0.29) is 5.91 Å². The van der Waals surface area contributed by atoms with E-state index in [4.69, 9.17) is 10.5 Å². The predicted molar refractivity (Wildman–Crippen MR) is 113 cm³/mol. The first-order chi connectivity index (χ1) is 14.0. The molecule has 4 rings (SSSR count). The summed E-state index contributed by atoms with van der Waals surface area (Å²) in [6, 6.07) is 14.0. The summed E-state index contributed by atoms with van der Waals surface area (Å²) in [5, 5.41) is 5.17. The van der Waals surface area contributed by atoms with Gasteiger partial charge in [0, 0.05) is 30.3 Å². The average molecular weight is 408 g/mol. The van der Waals surface area contributed by atoms with Crippen molar-refractivity contribution in [1.29, 1.82) is 0 Å². The highest BCUT2D eigenvalue weighted by Gasteiger charge is 2.10. The van der Waals surface area contributed by atoms with Crippen LogP contribution in [-0.4, -0.2) is 22.2 Å². The summed E-state index contributed by atoms with van der Waals surface area (Å²) < 4.78 is 17.8. The third-order valence-corrected chi connectivity index (χ3v) is 5.06. The van der Waals surface area contributed by atoms with Crippen molar-refractivity contribution in [1.82, 2.24) is 9.97 Å². The Balaban J connectivity index is 1.55. The number of fused-ring (bicyclic) bond motifs is 1. The van der Waals surface area contributed by atoms with Gasteiger partial charge >= 0.3 is 0 Å². The SMILES string of the molecule is CC(F)Oc1ccc(C(=O)Nc2cc3cc(-c4cnc(N)s4)ccc3cn2)cc1. The molecule has 8 heteroatoms. The van der Waals surface area contributed by atoms with Crippen LogP contribution in [0.4, 0.5) is 15.3 Å². The van der Waals surface area contributed by atoms with Gasteiger partial charge in [-0.1, -0.05) is 23.5 Å². The number of rotatable bonds is 5. The van der Waals surface area contributed by atoms with E-state index in [1.165, 1.54) is 18.3 Å². The average Bonchev–Trinajstić information content (AvgIpc) is 3.14. The van der Waals surface area contributed by atoms with Crippen molar-refractivity contribution in [3.63, 3.8) is 0 Å². The van der Waals surface area contributed by atoms with Crippen LogP contribution < -0.4 is 15.8 Å². The zero-order chi connectivity index (χ0) is 20.4. The number of carbonyl (C=O) groups is 1. The highest BCUT2D eigenvalue weighted by molar-refractivity contribution is 7.18. The summed E-state index contributed by atoms with van der Waals surface area (Å²) in [5.74, 6) is 0.473. The first kappa shape index (κ1) is 18.8. The quantitative estimate of drug-likeness (QED) is 0.491. The maximum atomic E-state index is 12.9. The second-order valence-electron chi connectivity index (χ2n) is 6.33. The standard InChI is InChI=1S/C21H17FN4O2S/c1-12(22)28-17-6-4-13(5-7-17)20(27)26-19-9-16-8-14(2-3-15(16)10-24-19)18-11-25-21(23)29-18/h2-12H,1H3,(H2,23,25)(H,24,26,27). The number of nitrogens with one attached hydrogen (secondary N) is 1. The molecule has 29 heavy (non-hydrogen) atoms. The summed E-state index contributed by atoms with van der Waals surface area (Å²) >= 11 is 1.41. The molecule has 0 aliphatic rings. The molecule has 0 radical (unpaired) electrons. The summed E-state index contributed by atoms with van der Waals surface area (Å²) in [7, 11) is 0. The number of pyridine rings is 1. The Morgan fingerprint density at radius 1 is 1.10 bits per heavy atom. The largest absolute Gasteiger partial charge is 0.461 e. The van der Waals surface area contributed by atoms with E-state index in [0.717, 1.165) is 21.2 Å². The fourth-order valence-electron chi connectivity index (χ4n) is 2.84. The molecular formula is C21H17FN4O2S. The van der Waals surface area contributed by atoms with Crippen molar-refractivity contribution in [3.05, 3.63) is 66.5 Å². The maximum Gasteiger partial charge on any atom is 0.256 e. The summed E-state index contributed by atoms with van der Waals surface area (Å²) in [6.45, 7) is 1.29. The van der Waals surface area contributed by atoms with Crippen LogP contribution in [0.25, 0.3) is 21.2 Å². The number of aromatic nitrogens is 2. The second-order valence-corrected chi connectivity index (χ2v) is 7.40. The minimum Gasteiger partial charge on any atom is -0.461 e. The molecule has 3 N–H and O–H groups in total. The molecule has 146 valence electrons. The number of benzene rings is 2. The van der Waals surface area contributed by atoms with E-state index in [9.17, 15) is 9.18 Å². The van der Waals surface area contributed by atoms with Crippen LogP contribution in [0.15, 0.2) is 60.9 Å². The summed E-state index contributed by atoms with van der Waals surface area (Å²) in [6.07, 6.45) is 2.03. The normalized spacial score (nSPS) is 11.9. The van der Waals surface area contributed by atoms with Crippen LogP contribution in [0.3, 0.4) is 0 Å². The lowest BCUT2D eigenvalue weighted by Gasteiger charge is -2.09. The van der Waals surface area contributed by atoms with E-state index in [0.29, 0.717) is 22.3 Å². The number of carbonyl (C=O) groups excluding carboxylic acids is 1. The number of nitrogens with zero attached hydrogens (tertiary/aromatic N) is 2. The molecule has 0 fully saturated rings. The highest BCUT2D eigenvalue weighted by Crippen LogP contribution is 2.30. The molecule has 0 bridgehead atoms. The first-order valence-corrected chi connectivity index (χ1v) is 9.63. The molecular weight excluding hydrogens is 391 g/mol. The topological polar surface area (TPSA) is 90.1 Å². The molecule has 2 aromatic carbocycles. The van der Waals surface area contributed by atoms with Gasteiger partial charge < -0.3 is 15.8 Å². The van der Waals surface area contributed by atoms with E-state index >= 15 is 0 Å². The van der Waals surface area contributed by atoms with E-state index in [1.54, 1.807) is 36.7 Å². The van der Waals surface area contributed by atoms with Crippen molar-refractivity contribution >= 4 is 39.0 Å². The van der Waals surface area contributed by atoms with Crippen LogP contribution in [-0.2, 0) is 0 Å². The van der Waals surface area contributed by atoms with Gasteiger partial charge in [0.15, 0.2) is 5.13 Å². The number of thiazole rings is 1. The Labute approximate surface area is 170 Å². The molecule has 2 aromatic heterocycles. The smallest absolute Gasteiger partial charge is 0.256 e. The van der Waals surface area contributed by atoms with Crippen LogP contribution in [0.5, 0.6) is 5.75 Å². The minimum absolute atomic E-state index is 0.317. The number of hydrogen-bond donors (Lipinski definition) is 2. The van der Waals surface area contributed by atoms with Crippen LogP contribution in [0.1, 0.15) is 17.3 Å². The Morgan fingerprint density at radius 2 is 1.90 bits per heavy atom. The van der Waals surface area contributed by atoms with Crippen molar-refractivity contribution in [2.24, 2.45) is 0 Å². The Hall–Kier alpha value is -3.52. The van der Waals surface area contributed by atoms with E-state index in [2.05, 4.69) is 15.3 Å². The molecule has 0 saturated carbocycles. The van der Waals surface area contributed by atoms with Gasteiger partial charge in [-0.2, -0.15) is 0 Å². The third-order valence-electron chi connectivity index (χ3n) is 4.19. The maximum absolute atomic E-state index is 12.9. The van der Waals surface area contributed by atoms with E-state index in [1.807, 2.05) is 24.3 Å². The molecule has 0 aliphatic heterocycles. The lowest BCUT2D eigenvalue weighted by molar-refractivity contribution is 0.0860. The molecule has 1 unspecified atom stereocenters. The molecule has 1 atom stereocenters. The number of amides is 1. The molecule has 4 aromatic rings. The summed E-state index contributed by atoms with van der Waals surface area (Å²) in [4.78, 5) is 21.8. The Morgan fingerprint density at radius 3 is 2.59 bits per heavy atom. The zero-order valence-corrected chi connectivity index (χ0v) is 16.2. The molecule has 0 aliphatic carbocycles. The lowest BCUT2D eigenvalue weighted by atomic mass is 10.1. The minimum atomic E-state index is -1.41. The van der Waals surface area contributed by atoms with Gasteiger partial charge in [-0.15, -0.1) is 0 Å². The number of ether oxygens (including phenoxy) is 1. The molecule has 0 saturated heterocycles. The number of halogens is 1. The van der Waals surface area contributed by atoms with Crippen LogP contribution in [0, 0.1) is 0 Å². The summed E-state index contributed by atoms with van der Waals surface area (Å²) in [5.41, 5.74) is 7.13. The number of nitrogens with two attached hydrogens (primary N) is 1. The van der Waals surface area contributed by atoms with Crippen molar-refractivity contribution in [3.8, 4) is 16.2 Å². The van der Waals surface area contributed by atoms with Gasteiger partial charge in [-0.3, -0.25) is 4.79 Å². The molecule has 6 nitrogen and oxygen atoms in total. The van der Waals surface area contributed by atoms with E-state index < -0.39 is 6.36 Å². The van der Waals surface area contributed by atoms with Crippen LogP contribution >= 0.6 is 11.3 Å². The first-order valence-electron chi connectivity index (χ1n) is 8.81. The van der Waals surface area contributed by atoms with Gasteiger partial charge in [-0.05, 0) is 47.3 Å². The monoisotopic (exact) mass is 408 g/mol. The second kappa shape index (κ2) is 7.84. The number of alkyl halides is 1. The van der Waals surface area contributed by atoms with Crippen molar-refractivity contribution in [2.45, 2.75) is 13.3 Å². The van der Waals surface area contributed by atoms with Crippen molar-refractivity contribution in [2.75, 3.05) is 11.1 Å². The van der Waals surface area contributed by atoms with Crippen LogP contribution in [0.2, 0.25) is 0 Å². The predicted octanol–water partition coefficient (Wildman–Crippen LogP) is 4.89. The lowest BCUT2D eigenvalue weighted by Crippen LogP contribution is -2.13. The molecule has 1 amide bonds. The highest BCUT2D eigenvalue weighted by atomic mass is 32.1. The van der Waals surface area contributed by atoms with Gasteiger partial charge in [-0.25, -0.2) is 14.4 Å². The molecule has 2 heterocycles. The number of nitrogen functional groups attached to an aromatic ring is 1. The van der Waals surface area contributed by atoms with Gasteiger partial charge in [0.1, 0.15) is 11.6 Å². The number of hydrogen-bond acceptors (Lipinski definition) is 6. The van der Waals surface area contributed by atoms with Gasteiger partial charge in [0.05, 0.1) is 4.88 Å². The Bertz CT molecular complexity index is 1170.